The molecule has 212 valence electrons. The van der Waals surface area contributed by atoms with E-state index in [4.69, 9.17) is 11.2 Å². The summed E-state index contributed by atoms with van der Waals surface area (Å²) in [6, 6.07) is 4.75. The number of aliphatic hydroxyl groups excluding tert-OH is 1. The number of amides is 3. The van der Waals surface area contributed by atoms with Crippen molar-refractivity contribution in [3.63, 3.8) is 0 Å². The zero-order valence-electron chi connectivity index (χ0n) is 23.8. The number of carbonyl (C=O) groups excluding carboxylic acids is 3. The summed E-state index contributed by atoms with van der Waals surface area (Å²) in [5.41, 5.74) is 0.253. The van der Waals surface area contributed by atoms with Gasteiger partial charge in [0, 0.05) is 18.7 Å². The van der Waals surface area contributed by atoms with Gasteiger partial charge in [0.2, 0.25) is 11.8 Å². The molecule has 0 bridgehead atoms. The van der Waals surface area contributed by atoms with Crippen molar-refractivity contribution in [2.75, 3.05) is 19.7 Å². The van der Waals surface area contributed by atoms with Gasteiger partial charge in [0.05, 0.1) is 6.61 Å². The molecule has 8 nitrogen and oxygen atoms in total. The summed E-state index contributed by atoms with van der Waals surface area (Å²) in [4.78, 5) is 41.4. The standard InChI is InChI=1S/C30H47N3O5/c1-7-10-12-13-17-21-33(28(36)25(22-34)32-29(37)38-30(4,5)6)26(27(35)31-20-16-11-8-2)24-19-15-14-18-23(24)9-3/h3,14-15,18-19,25-26,34H,7-8,10-13,16-17,20-22H2,1-2,4-6H3,(H,31,35)(H,32,37). The summed E-state index contributed by atoms with van der Waals surface area (Å²) in [6.07, 6.45) is 12.4. The third-order valence-electron chi connectivity index (χ3n) is 6.01. The number of ether oxygens (including phenoxy) is 1. The van der Waals surface area contributed by atoms with E-state index in [1.165, 1.54) is 4.90 Å². The zero-order chi connectivity index (χ0) is 28.6. The Balaban J connectivity index is 3.40. The first-order valence-corrected chi connectivity index (χ1v) is 13.8. The van der Waals surface area contributed by atoms with Gasteiger partial charge in [0.15, 0.2) is 0 Å². The quantitative estimate of drug-likeness (QED) is 0.213. The Bertz CT molecular complexity index is 919. The van der Waals surface area contributed by atoms with Gasteiger partial charge >= 0.3 is 6.09 Å². The minimum absolute atomic E-state index is 0.265. The minimum Gasteiger partial charge on any atom is -0.444 e. The van der Waals surface area contributed by atoms with E-state index in [2.05, 4.69) is 30.4 Å². The summed E-state index contributed by atoms with van der Waals surface area (Å²) in [5.74, 6) is 1.71. The molecule has 1 aromatic carbocycles. The van der Waals surface area contributed by atoms with E-state index in [1.54, 1.807) is 45.0 Å². The van der Waals surface area contributed by atoms with E-state index in [9.17, 15) is 19.5 Å². The average Bonchev–Trinajstić information content (AvgIpc) is 2.87. The maximum Gasteiger partial charge on any atom is 0.408 e. The molecule has 3 N–H and O–H groups in total. The fourth-order valence-corrected chi connectivity index (χ4v) is 4.09. The van der Waals surface area contributed by atoms with Crippen LogP contribution >= 0.6 is 0 Å². The van der Waals surface area contributed by atoms with Crippen molar-refractivity contribution in [2.24, 2.45) is 0 Å². The van der Waals surface area contributed by atoms with Gasteiger partial charge in [-0.25, -0.2) is 4.79 Å². The van der Waals surface area contributed by atoms with E-state index in [1.807, 2.05) is 0 Å². The van der Waals surface area contributed by atoms with E-state index < -0.39 is 36.3 Å². The SMILES string of the molecule is C#Cc1ccccc1C(C(=O)NCCCCC)N(CCCCCCC)C(=O)C(CO)NC(=O)OC(C)(C)C. The molecule has 1 rings (SSSR count). The van der Waals surface area contributed by atoms with Gasteiger partial charge in [-0.15, -0.1) is 6.42 Å². The largest absolute Gasteiger partial charge is 0.444 e. The fourth-order valence-electron chi connectivity index (χ4n) is 4.09. The lowest BCUT2D eigenvalue weighted by molar-refractivity contribution is -0.143. The molecule has 0 saturated carbocycles. The summed E-state index contributed by atoms with van der Waals surface area (Å²) >= 11 is 0. The van der Waals surface area contributed by atoms with Crippen LogP contribution in [0.4, 0.5) is 4.79 Å². The van der Waals surface area contributed by atoms with Crippen LogP contribution in [0, 0.1) is 12.3 Å². The normalized spacial score (nSPS) is 12.7. The molecule has 0 fully saturated rings. The molecule has 1 aromatic rings. The lowest BCUT2D eigenvalue weighted by Gasteiger charge is -2.34. The zero-order valence-corrected chi connectivity index (χ0v) is 23.8. The summed E-state index contributed by atoms with van der Waals surface area (Å²) in [6.45, 7) is 9.42. The third-order valence-corrected chi connectivity index (χ3v) is 6.01. The number of alkyl carbamates (subject to hydrolysis) is 1. The average molecular weight is 530 g/mol. The maximum absolute atomic E-state index is 13.9. The molecular weight excluding hydrogens is 482 g/mol. The van der Waals surface area contributed by atoms with Crippen LogP contribution in [0.5, 0.6) is 0 Å². The lowest BCUT2D eigenvalue weighted by atomic mass is 9.97. The van der Waals surface area contributed by atoms with E-state index in [0.717, 1.165) is 44.9 Å². The van der Waals surface area contributed by atoms with Crippen molar-refractivity contribution in [1.82, 2.24) is 15.5 Å². The van der Waals surface area contributed by atoms with Crippen molar-refractivity contribution >= 4 is 17.9 Å². The second kappa shape index (κ2) is 17.5. The number of terminal acetylenes is 1. The smallest absolute Gasteiger partial charge is 0.408 e. The Morgan fingerprint density at radius 3 is 2.26 bits per heavy atom. The van der Waals surface area contributed by atoms with Crippen LogP contribution < -0.4 is 10.6 Å². The second-order valence-corrected chi connectivity index (χ2v) is 10.5. The third kappa shape index (κ3) is 11.6. The van der Waals surface area contributed by atoms with Gasteiger partial charge < -0.3 is 25.4 Å². The highest BCUT2D eigenvalue weighted by Crippen LogP contribution is 2.26. The summed E-state index contributed by atoms with van der Waals surface area (Å²) < 4.78 is 5.29. The summed E-state index contributed by atoms with van der Waals surface area (Å²) in [7, 11) is 0. The number of nitrogens with one attached hydrogen (secondary N) is 2. The summed E-state index contributed by atoms with van der Waals surface area (Å²) in [5, 5.41) is 15.5. The van der Waals surface area contributed by atoms with Gasteiger partial charge in [0.25, 0.3) is 0 Å². The minimum atomic E-state index is -1.28. The number of benzene rings is 1. The monoisotopic (exact) mass is 529 g/mol. The Kier molecular flexibility index (Phi) is 15.2. The van der Waals surface area contributed by atoms with Crippen LogP contribution in [0.1, 0.15) is 103 Å². The van der Waals surface area contributed by atoms with E-state index in [0.29, 0.717) is 24.1 Å². The van der Waals surface area contributed by atoms with Crippen molar-refractivity contribution in [3.05, 3.63) is 35.4 Å². The van der Waals surface area contributed by atoms with Crippen molar-refractivity contribution in [3.8, 4) is 12.3 Å². The molecule has 3 amide bonds. The maximum atomic E-state index is 13.9. The highest BCUT2D eigenvalue weighted by atomic mass is 16.6. The number of carbonyl (C=O) groups is 3. The van der Waals surface area contributed by atoms with Crippen molar-refractivity contribution in [1.29, 1.82) is 0 Å². The number of nitrogens with zero attached hydrogens (tertiary/aromatic N) is 1. The Morgan fingerprint density at radius 1 is 1.03 bits per heavy atom. The fraction of sp³-hybridized carbons (Fsp3) is 0.633. The van der Waals surface area contributed by atoms with E-state index in [-0.39, 0.29) is 12.5 Å². The molecule has 0 aromatic heterocycles. The van der Waals surface area contributed by atoms with Crippen LogP contribution in [0.2, 0.25) is 0 Å². The van der Waals surface area contributed by atoms with Crippen molar-refractivity contribution < 1.29 is 24.2 Å². The van der Waals surface area contributed by atoms with Gasteiger partial charge in [-0.3, -0.25) is 9.59 Å². The predicted molar refractivity (Wildman–Crippen MR) is 150 cm³/mol. The highest BCUT2D eigenvalue weighted by molar-refractivity contribution is 5.92. The molecule has 0 aliphatic heterocycles. The number of hydrogen-bond acceptors (Lipinski definition) is 5. The molecule has 0 aliphatic carbocycles. The number of aliphatic hydroxyl groups is 1. The second-order valence-electron chi connectivity index (χ2n) is 10.5. The predicted octanol–water partition coefficient (Wildman–Crippen LogP) is 4.70. The van der Waals surface area contributed by atoms with Crippen molar-refractivity contribution in [2.45, 2.75) is 104 Å². The first-order chi connectivity index (χ1) is 18.1. The van der Waals surface area contributed by atoms with Crippen LogP contribution in [-0.2, 0) is 14.3 Å². The molecule has 2 atom stereocenters. The molecule has 0 spiro atoms. The van der Waals surface area contributed by atoms with Crippen LogP contribution in [0.3, 0.4) is 0 Å². The molecule has 0 aliphatic rings. The van der Waals surface area contributed by atoms with Gasteiger partial charge in [-0.05, 0) is 45.2 Å². The number of rotatable bonds is 16. The van der Waals surface area contributed by atoms with Gasteiger partial charge in [-0.1, -0.05) is 76.5 Å². The molecule has 38 heavy (non-hydrogen) atoms. The van der Waals surface area contributed by atoms with Crippen LogP contribution in [0.15, 0.2) is 24.3 Å². The molecular formula is C30H47N3O5. The van der Waals surface area contributed by atoms with Gasteiger partial charge in [-0.2, -0.15) is 0 Å². The topological polar surface area (TPSA) is 108 Å². The first kappa shape index (κ1) is 33.0. The van der Waals surface area contributed by atoms with Crippen LogP contribution in [0.25, 0.3) is 0 Å². The van der Waals surface area contributed by atoms with Gasteiger partial charge in [0.1, 0.15) is 17.7 Å². The Hall–Kier alpha value is -3.05. The van der Waals surface area contributed by atoms with E-state index >= 15 is 0 Å². The first-order valence-electron chi connectivity index (χ1n) is 13.8. The Labute approximate surface area is 228 Å². The van der Waals surface area contributed by atoms with Crippen LogP contribution in [-0.4, -0.2) is 59.3 Å². The Morgan fingerprint density at radius 2 is 1.66 bits per heavy atom. The molecule has 0 saturated heterocycles. The highest BCUT2D eigenvalue weighted by Gasteiger charge is 2.36. The molecule has 8 heteroatoms. The number of hydrogen-bond donors (Lipinski definition) is 3. The number of unbranched alkanes of at least 4 members (excludes halogenated alkanes) is 6. The lowest BCUT2D eigenvalue weighted by Crippen LogP contribution is -2.54. The molecule has 0 radical (unpaired) electrons. The molecule has 2 unspecified atom stereocenters. The molecule has 0 heterocycles.